The maximum Gasteiger partial charge on any atom is 0.379 e. The maximum absolute atomic E-state index is 11.3. The summed E-state index contributed by atoms with van der Waals surface area (Å²) in [5.41, 5.74) is -0.516. The monoisotopic (exact) mass is 265 g/mol. The number of hydrogen-bond donors (Lipinski definition) is 1. The molecule has 1 rings (SSSR count). The Bertz CT molecular complexity index is 549. The van der Waals surface area contributed by atoms with Gasteiger partial charge >= 0.3 is 5.97 Å². The van der Waals surface area contributed by atoms with Crippen LogP contribution in [0.1, 0.15) is 12.5 Å². The molecule has 0 amide bonds. The molecule has 0 atom stereocenters. The summed E-state index contributed by atoms with van der Waals surface area (Å²) < 4.78 is 4.44. The van der Waals surface area contributed by atoms with Crippen molar-refractivity contribution in [1.82, 2.24) is 0 Å². The molecule has 0 unspecified atom stereocenters. The van der Waals surface area contributed by atoms with Crippen molar-refractivity contribution in [1.29, 1.82) is 0 Å². The second-order valence-corrected chi connectivity index (χ2v) is 3.39. The molecule has 0 aliphatic rings. The fraction of sp³-hybridized carbons (Fsp3) is 0.167. The van der Waals surface area contributed by atoms with Gasteiger partial charge in [0.05, 0.1) is 17.1 Å². The van der Waals surface area contributed by atoms with E-state index in [1.807, 2.05) is 0 Å². The molecule has 0 radical (unpaired) electrons. The summed E-state index contributed by atoms with van der Waals surface area (Å²) in [6.45, 7) is 1.54. The molecule has 0 fully saturated rings. The average Bonchev–Trinajstić information content (AvgIpc) is 2.38. The molecule has 0 saturated carbocycles. The number of aliphatic hydroxyl groups excluding tert-OH is 1. The van der Waals surface area contributed by atoms with E-state index in [9.17, 15) is 24.8 Å². The Morgan fingerprint density at radius 2 is 2.05 bits per heavy atom. The zero-order valence-corrected chi connectivity index (χ0v) is 10.0. The zero-order chi connectivity index (χ0) is 14.4. The van der Waals surface area contributed by atoms with Crippen LogP contribution in [0.3, 0.4) is 0 Å². The molecule has 1 aromatic carbocycles. The van der Waals surface area contributed by atoms with Gasteiger partial charge in [-0.15, -0.1) is 0 Å². The second kappa shape index (κ2) is 6.29. The van der Waals surface area contributed by atoms with E-state index in [2.05, 4.69) is 4.74 Å². The zero-order valence-electron chi connectivity index (χ0n) is 10.0. The summed E-state index contributed by atoms with van der Waals surface area (Å²) in [6, 6.07) is 5.32. The first kappa shape index (κ1) is 14.4. The lowest BCUT2D eigenvalue weighted by Crippen LogP contribution is -2.15. The number of aliphatic hydroxyl groups is 1. The smallest absolute Gasteiger partial charge is 0.379 e. The number of nitrogens with zero attached hydrogens (tertiary/aromatic N) is 1. The largest absolute Gasteiger partial charge is 0.507 e. The van der Waals surface area contributed by atoms with Crippen LogP contribution in [0.4, 0.5) is 5.69 Å². The van der Waals surface area contributed by atoms with Crippen molar-refractivity contribution < 1.29 is 24.4 Å². The van der Waals surface area contributed by atoms with Gasteiger partial charge in [-0.3, -0.25) is 14.9 Å². The van der Waals surface area contributed by atoms with E-state index in [-0.39, 0.29) is 17.9 Å². The summed E-state index contributed by atoms with van der Waals surface area (Å²) in [5, 5.41) is 20.4. The number of ketones is 1. The highest BCUT2D eigenvalue weighted by Crippen LogP contribution is 2.23. The highest BCUT2D eigenvalue weighted by Gasteiger charge is 2.19. The summed E-state index contributed by atoms with van der Waals surface area (Å²) in [5.74, 6) is -2.88. The van der Waals surface area contributed by atoms with Crippen molar-refractivity contribution >= 4 is 23.2 Å². The van der Waals surface area contributed by atoms with E-state index in [1.165, 1.54) is 31.2 Å². The minimum Gasteiger partial charge on any atom is -0.507 e. The predicted octanol–water partition coefficient (Wildman–Crippen LogP) is 1.63. The standard InChI is InChI=1S/C12H11NO6/c1-2-19-12(16)11(15)7-10(14)8-5-3-4-6-9(8)13(17)18/h3-7,14H,2H2,1H3. The van der Waals surface area contributed by atoms with E-state index in [4.69, 9.17) is 0 Å². The van der Waals surface area contributed by atoms with Gasteiger partial charge in [0.1, 0.15) is 5.76 Å². The predicted molar refractivity (Wildman–Crippen MR) is 65.3 cm³/mol. The Labute approximate surface area is 108 Å². The number of ether oxygens (including phenoxy) is 1. The number of para-hydroxylation sites is 1. The Hall–Kier alpha value is -2.70. The van der Waals surface area contributed by atoms with Crippen LogP contribution < -0.4 is 0 Å². The number of nitro benzene ring substituents is 1. The quantitative estimate of drug-likeness (QED) is 0.216. The molecule has 0 saturated heterocycles. The third-order valence-corrected chi connectivity index (χ3v) is 2.12. The molecule has 1 N–H and O–H groups in total. The van der Waals surface area contributed by atoms with Crippen molar-refractivity contribution in [2.75, 3.05) is 6.61 Å². The molecule has 0 aliphatic heterocycles. The van der Waals surface area contributed by atoms with Gasteiger partial charge in [-0.05, 0) is 13.0 Å². The minimum atomic E-state index is -1.13. The summed E-state index contributed by atoms with van der Waals surface area (Å²) >= 11 is 0. The van der Waals surface area contributed by atoms with Gasteiger partial charge in [-0.25, -0.2) is 4.79 Å². The van der Waals surface area contributed by atoms with E-state index in [0.29, 0.717) is 6.08 Å². The highest BCUT2D eigenvalue weighted by atomic mass is 16.6. The SMILES string of the molecule is CCOC(=O)C(=O)C=C(O)c1ccccc1[N+](=O)[O-]. The van der Waals surface area contributed by atoms with Gasteiger partial charge in [0.15, 0.2) is 0 Å². The van der Waals surface area contributed by atoms with Gasteiger partial charge in [0, 0.05) is 12.1 Å². The number of carbonyl (C=O) groups is 2. The Morgan fingerprint density at radius 1 is 1.42 bits per heavy atom. The van der Waals surface area contributed by atoms with E-state index in [1.54, 1.807) is 0 Å². The summed E-state index contributed by atoms with van der Waals surface area (Å²) in [7, 11) is 0. The molecule has 0 aliphatic carbocycles. The molecule has 7 heteroatoms. The molecule has 19 heavy (non-hydrogen) atoms. The summed E-state index contributed by atoms with van der Waals surface area (Å²) in [4.78, 5) is 32.4. The average molecular weight is 265 g/mol. The Balaban J connectivity index is 3.07. The van der Waals surface area contributed by atoms with E-state index >= 15 is 0 Å². The van der Waals surface area contributed by atoms with Crippen LogP contribution in [0.25, 0.3) is 5.76 Å². The molecule has 0 spiro atoms. The molecule has 0 bridgehead atoms. The van der Waals surface area contributed by atoms with Crippen LogP contribution in [0.15, 0.2) is 30.3 Å². The van der Waals surface area contributed by atoms with Crippen molar-refractivity contribution in [3.8, 4) is 0 Å². The Morgan fingerprint density at radius 3 is 2.63 bits per heavy atom. The summed E-state index contributed by atoms with van der Waals surface area (Å²) in [6.07, 6.45) is 0.598. The Kier molecular flexibility index (Phi) is 4.76. The number of hydrogen-bond acceptors (Lipinski definition) is 6. The normalized spacial score (nSPS) is 10.9. The van der Waals surface area contributed by atoms with Gasteiger partial charge < -0.3 is 9.84 Å². The molecule has 7 nitrogen and oxygen atoms in total. The number of benzene rings is 1. The number of nitro groups is 1. The third-order valence-electron chi connectivity index (χ3n) is 2.12. The maximum atomic E-state index is 11.3. The number of carbonyl (C=O) groups excluding carboxylic acids is 2. The van der Waals surface area contributed by atoms with Crippen molar-refractivity contribution in [3.05, 3.63) is 46.0 Å². The lowest BCUT2D eigenvalue weighted by Gasteiger charge is -2.01. The lowest BCUT2D eigenvalue weighted by molar-refractivity contribution is -0.385. The fourth-order valence-corrected chi connectivity index (χ4v) is 1.31. The van der Waals surface area contributed by atoms with Crippen LogP contribution in [0.5, 0.6) is 0 Å². The van der Waals surface area contributed by atoms with Crippen LogP contribution in [-0.2, 0) is 14.3 Å². The van der Waals surface area contributed by atoms with Gasteiger partial charge in [-0.2, -0.15) is 0 Å². The molecule has 100 valence electrons. The second-order valence-electron chi connectivity index (χ2n) is 3.39. The van der Waals surface area contributed by atoms with Crippen LogP contribution >= 0.6 is 0 Å². The van der Waals surface area contributed by atoms with Crippen LogP contribution in [-0.4, -0.2) is 28.4 Å². The third kappa shape index (κ3) is 3.63. The van der Waals surface area contributed by atoms with E-state index in [0.717, 1.165) is 0 Å². The van der Waals surface area contributed by atoms with Gasteiger partial charge in [-0.1, -0.05) is 12.1 Å². The van der Waals surface area contributed by atoms with Crippen molar-refractivity contribution in [2.45, 2.75) is 6.92 Å². The molecule has 1 aromatic rings. The lowest BCUT2D eigenvalue weighted by atomic mass is 10.1. The number of esters is 1. The molecule has 0 heterocycles. The highest BCUT2D eigenvalue weighted by molar-refractivity contribution is 6.39. The van der Waals surface area contributed by atoms with Crippen molar-refractivity contribution in [2.24, 2.45) is 0 Å². The number of rotatable bonds is 5. The van der Waals surface area contributed by atoms with Gasteiger partial charge in [0.2, 0.25) is 0 Å². The minimum absolute atomic E-state index is 0.0185. The first-order valence-corrected chi connectivity index (χ1v) is 5.33. The van der Waals surface area contributed by atoms with E-state index < -0.39 is 22.4 Å². The topological polar surface area (TPSA) is 107 Å². The molecular weight excluding hydrogens is 254 g/mol. The fourth-order valence-electron chi connectivity index (χ4n) is 1.31. The molecular formula is C12H11NO6. The first-order chi connectivity index (χ1) is 8.97. The van der Waals surface area contributed by atoms with Crippen LogP contribution in [0, 0.1) is 10.1 Å². The molecule has 0 aromatic heterocycles. The van der Waals surface area contributed by atoms with Gasteiger partial charge in [0.25, 0.3) is 11.5 Å². The van der Waals surface area contributed by atoms with Crippen LogP contribution in [0.2, 0.25) is 0 Å². The van der Waals surface area contributed by atoms with Crippen molar-refractivity contribution in [3.63, 3.8) is 0 Å². The first-order valence-electron chi connectivity index (χ1n) is 5.33.